The van der Waals surface area contributed by atoms with E-state index in [1.54, 1.807) is 18.2 Å². The Morgan fingerprint density at radius 3 is 2.69 bits per heavy atom. The van der Waals surface area contributed by atoms with E-state index in [1.165, 1.54) is 20.4 Å². The molecule has 0 radical (unpaired) electrons. The Hall–Kier alpha value is -3.57. The van der Waals surface area contributed by atoms with Crippen molar-refractivity contribution in [2.75, 3.05) is 20.8 Å². The Morgan fingerprint density at radius 2 is 2.07 bits per heavy atom. The number of carbonyl (C=O) groups excluding carboxylic acids is 1. The second-order valence-electron chi connectivity index (χ2n) is 6.08. The van der Waals surface area contributed by atoms with Gasteiger partial charge < -0.3 is 23.9 Å². The van der Waals surface area contributed by atoms with Gasteiger partial charge in [0.15, 0.2) is 11.5 Å². The molecule has 1 N–H and O–H groups in total. The molecule has 0 aliphatic heterocycles. The highest BCUT2D eigenvalue weighted by molar-refractivity contribution is 5.89. The van der Waals surface area contributed by atoms with Crippen LogP contribution in [-0.2, 0) is 11.3 Å². The standard InChI is InChI=1S/C21H22N2O6/c1-4-5-14-6-7-18(19(8-14)27-2)29-13-17(24)12-23-11-16(21(26)28-3)9-15(10-22)20(23)25/h4-9,11,17,24H,12-13H2,1-3H3/b5-4+. The molecule has 152 valence electrons. The number of methoxy groups -OCH3 is 2. The monoisotopic (exact) mass is 398 g/mol. The molecule has 0 aliphatic carbocycles. The quantitative estimate of drug-likeness (QED) is 0.677. The predicted octanol–water partition coefficient (Wildman–Crippen LogP) is 1.99. The number of benzene rings is 1. The van der Waals surface area contributed by atoms with Gasteiger partial charge in [0.05, 0.1) is 26.3 Å². The lowest BCUT2D eigenvalue weighted by Gasteiger charge is -2.16. The molecule has 0 spiro atoms. The van der Waals surface area contributed by atoms with Gasteiger partial charge >= 0.3 is 5.97 Å². The van der Waals surface area contributed by atoms with Crippen LogP contribution in [-0.4, -0.2) is 42.6 Å². The molecule has 1 aromatic heterocycles. The summed E-state index contributed by atoms with van der Waals surface area (Å²) in [6.45, 7) is 1.61. The first-order chi connectivity index (χ1) is 13.9. The second-order valence-corrected chi connectivity index (χ2v) is 6.08. The zero-order valence-corrected chi connectivity index (χ0v) is 16.4. The summed E-state index contributed by atoms with van der Waals surface area (Å²) >= 11 is 0. The van der Waals surface area contributed by atoms with Gasteiger partial charge in [-0.1, -0.05) is 18.2 Å². The van der Waals surface area contributed by atoms with Crippen LogP contribution in [0.4, 0.5) is 0 Å². The van der Waals surface area contributed by atoms with Crippen LogP contribution in [0, 0.1) is 11.3 Å². The number of pyridine rings is 1. The Balaban J connectivity index is 2.16. The average molecular weight is 398 g/mol. The highest BCUT2D eigenvalue weighted by Crippen LogP contribution is 2.28. The summed E-state index contributed by atoms with van der Waals surface area (Å²) in [5.41, 5.74) is 0.139. The maximum absolute atomic E-state index is 12.3. The molecule has 0 bridgehead atoms. The lowest BCUT2D eigenvalue weighted by molar-refractivity contribution is 0.0597. The van der Waals surface area contributed by atoms with Crippen LogP contribution < -0.4 is 15.0 Å². The molecule has 1 unspecified atom stereocenters. The fourth-order valence-electron chi connectivity index (χ4n) is 2.65. The van der Waals surface area contributed by atoms with Crippen LogP contribution in [0.3, 0.4) is 0 Å². The SMILES string of the molecule is C/C=C/c1ccc(OCC(O)Cn2cc(C(=O)OC)cc(C#N)c2=O)c(OC)c1. The van der Waals surface area contributed by atoms with Crippen LogP contribution in [0.1, 0.15) is 28.4 Å². The third-order valence-electron chi connectivity index (χ3n) is 4.01. The Kier molecular flexibility index (Phi) is 7.57. The van der Waals surface area contributed by atoms with Gasteiger partial charge in [-0.05, 0) is 30.7 Å². The molecule has 2 rings (SSSR count). The molecule has 0 saturated heterocycles. The molecule has 0 aliphatic rings. The minimum Gasteiger partial charge on any atom is -0.493 e. The first-order valence-corrected chi connectivity index (χ1v) is 8.78. The Labute approximate surface area is 168 Å². The zero-order valence-electron chi connectivity index (χ0n) is 16.4. The van der Waals surface area contributed by atoms with E-state index >= 15 is 0 Å². The molecule has 0 saturated carbocycles. The van der Waals surface area contributed by atoms with Crippen molar-refractivity contribution in [3.05, 3.63) is 63.6 Å². The number of aliphatic hydroxyl groups excluding tert-OH is 1. The number of ether oxygens (including phenoxy) is 3. The molecule has 1 atom stereocenters. The first-order valence-electron chi connectivity index (χ1n) is 8.78. The van der Waals surface area contributed by atoms with Crippen LogP contribution >= 0.6 is 0 Å². The van der Waals surface area contributed by atoms with Crippen LogP contribution in [0.2, 0.25) is 0 Å². The molecule has 2 aromatic rings. The summed E-state index contributed by atoms with van der Waals surface area (Å²) in [6, 6.07) is 8.26. The summed E-state index contributed by atoms with van der Waals surface area (Å²) in [7, 11) is 2.71. The number of aliphatic hydroxyl groups is 1. The number of rotatable bonds is 8. The van der Waals surface area contributed by atoms with E-state index < -0.39 is 17.6 Å². The van der Waals surface area contributed by atoms with Crippen LogP contribution in [0.25, 0.3) is 6.08 Å². The van der Waals surface area contributed by atoms with E-state index in [2.05, 4.69) is 4.74 Å². The number of hydrogen-bond donors (Lipinski definition) is 1. The summed E-state index contributed by atoms with van der Waals surface area (Å²) in [5.74, 6) is 0.254. The van der Waals surface area contributed by atoms with Crippen molar-refractivity contribution in [2.24, 2.45) is 0 Å². The molecule has 0 fully saturated rings. The van der Waals surface area contributed by atoms with Crippen molar-refractivity contribution in [1.29, 1.82) is 5.26 Å². The molecule has 29 heavy (non-hydrogen) atoms. The van der Waals surface area contributed by atoms with Gasteiger partial charge in [-0.2, -0.15) is 5.26 Å². The molecular weight excluding hydrogens is 376 g/mol. The maximum Gasteiger partial charge on any atom is 0.339 e. The van der Waals surface area contributed by atoms with Gasteiger partial charge in [0.2, 0.25) is 0 Å². The number of nitrogens with zero attached hydrogens (tertiary/aromatic N) is 2. The van der Waals surface area contributed by atoms with Crippen LogP contribution in [0.15, 0.2) is 41.3 Å². The van der Waals surface area contributed by atoms with E-state index in [-0.39, 0.29) is 24.3 Å². The van der Waals surface area contributed by atoms with E-state index in [4.69, 9.17) is 14.7 Å². The van der Waals surface area contributed by atoms with E-state index in [9.17, 15) is 14.7 Å². The van der Waals surface area contributed by atoms with Crippen molar-refractivity contribution in [1.82, 2.24) is 4.57 Å². The van der Waals surface area contributed by atoms with Crippen molar-refractivity contribution in [2.45, 2.75) is 19.6 Å². The van der Waals surface area contributed by atoms with Gasteiger partial charge in [-0.3, -0.25) is 4.79 Å². The Morgan fingerprint density at radius 1 is 1.31 bits per heavy atom. The predicted molar refractivity (Wildman–Crippen MR) is 106 cm³/mol. The Bertz CT molecular complexity index is 1000. The van der Waals surface area contributed by atoms with Gasteiger partial charge in [0.1, 0.15) is 24.3 Å². The van der Waals surface area contributed by atoms with Crippen molar-refractivity contribution in [3.63, 3.8) is 0 Å². The molecule has 1 heterocycles. The van der Waals surface area contributed by atoms with Gasteiger partial charge in [-0.15, -0.1) is 0 Å². The topological polar surface area (TPSA) is 111 Å². The van der Waals surface area contributed by atoms with Crippen molar-refractivity contribution >= 4 is 12.0 Å². The minimum absolute atomic E-state index is 0.0398. The molecule has 1 aromatic carbocycles. The maximum atomic E-state index is 12.3. The number of nitriles is 1. The van der Waals surface area contributed by atoms with E-state index in [1.807, 2.05) is 25.1 Å². The molecule has 8 heteroatoms. The molecule has 0 amide bonds. The van der Waals surface area contributed by atoms with Crippen molar-refractivity contribution < 1.29 is 24.1 Å². The van der Waals surface area contributed by atoms with Gasteiger partial charge in [0.25, 0.3) is 5.56 Å². The number of allylic oxidation sites excluding steroid dienone is 1. The van der Waals surface area contributed by atoms with Crippen molar-refractivity contribution in [3.8, 4) is 17.6 Å². The molecule has 8 nitrogen and oxygen atoms in total. The van der Waals surface area contributed by atoms with Gasteiger partial charge in [0, 0.05) is 6.20 Å². The summed E-state index contributed by atoms with van der Waals surface area (Å²) < 4.78 is 16.6. The number of carbonyl (C=O) groups is 1. The highest BCUT2D eigenvalue weighted by Gasteiger charge is 2.16. The summed E-state index contributed by atoms with van der Waals surface area (Å²) in [6.07, 6.45) is 3.97. The number of hydrogen-bond acceptors (Lipinski definition) is 7. The lowest BCUT2D eigenvalue weighted by Crippen LogP contribution is -2.32. The average Bonchev–Trinajstić information content (AvgIpc) is 2.73. The fourth-order valence-corrected chi connectivity index (χ4v) is 2.65. The van der Waals surface area contributed by atoms with Crippen LogP contribution in [0.5, 0.6) is 11.5 Å². The summed E-state index contributed by atoms with van der Waals surface area (Å²) in [5, 5.41) is 19.4. The molecular formula is C21H22N2O6. The zero-order chi connectivity index (χ0) is 21.4. The second kappa shape index (κ2) is 10.1. The smallest absolute Gasteiger partial charge is 0.339 e. The van der Waals surface area contributed by atoms with E-state index in [0.29, 0.717) is 11.5 Å². The lowest BCUT2D eigenvalue weighted by atomic mass is 10.2. The largest absolute Gasteiger partial charge is 0.493 e. The number of esters is 1. The highest BCUT2D eigenvalue weighted by atomic mass is 16.5. The van der Waals surface area contributed by atoms with Gasteiger partial charge in [-0.25, -0.2) is 4.79 Å². The normalized spacial score (nSPS) is 11.7. The minimum atomic E-state index is -1.08. The fraction of sp³-hybridized carbons (Fsp3) is 0.286. The first kappa shape index (κ1) is 21.7. The third-order valence-corrected chi connectivity index (χ3v) is 4.01. The number of aromatic nitrogens is 1. The van der Waals surface area contributed by atoms with E-state index in [0.717, 1.165) is 16.2 Å². The third kappa shape index (κ3) is 5.46. The summed E-state index contributed by atoms with van der Waals surface area (Å²) in [4.78, 5) is 24.0.